The van der Waals surface area contributed by atoms with Crippen LogP contribution in [0.3, 0.4) is 0 Å². The fraction of sp³-hybridized carbons (Fsp3) is 0.438. The number of benzene rings is 1. The van der Waals surface area contributed by atoms with Crippen molar-refractivity contribution in [1.82, 2.24) is 15.1 Å². The second-order valence-electron chi connectivity index (χ2n) is 5.12. The molecule has 5 heteroatoms. The Morgan fingerprint density at radius 1 is 1.38 bits per heavy atom. The summed E-state index contributed by atoms with van der Waals surface area (Å²) in [4.78, 5) is 0. The fourth-order valence-electron chi connectivity index (χ4n) is 2.29. The maximum atomic E-state index is 13.8. The second kappa shape index (κ2) is 7.57. The van der Waals surface area contributed by atoms with Crippen LogP contribution in [0.4, 0.5) is 4.39 Å². The number of nitrogens with zero attached hydrogens (tertiary/aromatic N) is 2. The first kappa shape index (κ1) is 16.0. The molecule has 0 bridgehead atoms. The lowest BCUT2D eigenvalue weighted by atomic mass is 10.1. The molecule has 21 heavy (non-hydrogen) atoms. The minimum Gasteiger partial charge on any atom is -0.310 e. The lowest BCUT2D eigenvalue weighted by Gasteiger charge is -2.14. The summed E-state index contributed by atoms with van der Waals surface area (Å²) in [5.41, 5.74) is 1.73. The smallest absolute Gasteiger partial charge is 0.129 e. The lowest BCUT2D eigenvalue weighted by molar-refractivity contribution is 0.517. The van der Waals surface area contributed by atoms with E-state index in [9.17, 15) is 4.39 Å². The van der Waals surface area contributed by atoms with Crippen molar-refractivity contribution in [3.8, 4) is 0 Å². The van der Waals surface area contributed by atoms with Gasteiger partial charge in [-0.05, 0) is 31.5 Å². The van der Waals surface area contributed by atoms with E-state index in [1.54, 1.807) is 16.8 Å². The van der Waals surface area contributed by atoms with E-state index in [1.165, 1.54) is 6.07 Å². The third kappa shape index (κ3) is 4.29. The molecule has 0 saturated carbocycles. The van der Waals surface area contributed by atoms with Crippen molar-refractivity contribution in [3.63, 3.8) is 0 Å². The molecule has 0 spiro atoms. The van der Waals surface area contributed by atoms with Crippen LogP contribution in [-0.4, -0.2) is 16.3 Å². The summed E-state index contributed by atoms with van der Waals surface area (Å²) in [6.07, 6.45) is 5.93. The standard InChI is InChI=1S/C16H21ClFN3/c1-3-7-19-16(4-2)13-9-20-21(11-13)10-12-5-6-14(17)8-15(12)18/h5-6,8-9,11,16,19H,3-4,7,10H2,1-2H3. The van der Waals surface area contributed by atoms with Gasteiger partial charge in [0, 0.05) is 28.4 Å². The van der Waals surface area contributed by atoms with Gasteiger partial charge in [0.1, 0.15) is 5.82 Å². The van der Waals surface area contributed by atoms with E-state index >= 15 is 0 Å². The van der Waals surface area contributed by atoms with Crippen molar-refractivity contribution < 1.29 is 4.39 Å². The molecular weight excluding hydrogens is 289 g/mol. The van der Waals surface area contributed by atoms with E-state index in [2.05, 4.69) is 24.3 Å². The van der Waals surface area contributed by atoms with Crippen LogP contribution >= 0.6 is 11.6 Å². The van der Waals surface area contributed by atoms with Crippen LogP contribution in [0.2, 0.25) is 5.02 Å². The Kier molecular flexibility index (Phi) is 5.76. The molecule has 0 fully saturated rings. The van der Waals surface area contributed by atoms with Crippen molar-refractivity contribution in [2.45, 2.75) is 39.3 Å². The minimum absolute atomic E-state index is 0.296. The molecule has 1 heterocycles. The number of rotatable bonds is 7. The topological polar surface area (TPSA) is 29.9 Å². The number of hydrogen-bond donors (Lipinski definition) is 1. The predicted molar refractivity (Wildman–Crippen MR) is 84.1 cm³/mol. The molecule has 2 rings (SSSR count). The molecule has 0 aliphatic carbocycles. The molecule has 3 nitrogen and oxygen atoms in total. The van der Waals surface area contributed by atoms with Gasteiger partial charge in [-0.15, -0.1) is 0 Å². The Labute approximate surface area is 130 Å². The van der Waals surface area contributed by atoms with Crippen molar-refractivity contribution in [2.75, 3.05) is 6.54 Å². The number of aromatic nitrogens is 2. The molecule has 0 aliphatic heterocycles. The van der Waals surface area contributed by atoms with E-state index in [0.717, 1.165) is 24.9 Å². The molecule has 0 aliphatic rings. The first-order valence-electron chi connectivity index (χ1n) is 7.33. The fourth-order valence-corrected chi connectivity index (χ4v) is 2.45. The summed E-state index contributed by atoms with van der Waals surface area (Å²) < 4.78 is 15.6. The summed E-state index contributed by atoms with van der Waals surface area (Å²) in [5.74, 6) is -0.296. The number of halogens is 2. The molecule has 114 valence electrons. The van der Waals surface area contributed by atoms with Crippen LogP contribution in [0, 0.1) is 5.82 Å². The minimum atomic E-state index is -0.296. The molecule has 1 atom stereocenters. The van der Waals surface area contributed by atoms with Gasteiger partial charge in [-0.2, -0.15) is 5.10 Å². The zero-order valence-corrected chi connectivity index (χ0v) is 13.2. The summed E-state index contributed by atoms with van der Waals surface area (Å²) in [6, 6.07) is 5.03. The van der Waals surface area contributed by atoms with Crippen LogP contribution < -0.4 is 5.32 Å². The van der Waals surface area contributed by atoms with Gasteiger partial charge in [0.15, 0.2) is 0 Å². The summed E-state index contributed by atoms with van der Waals surface area (Å²) in [5, 5.41) is 8.22. The Morgan fingerprint density at radius 3 is 2.86 bits per heavy atom. The van der Waals surface area contributed by atoms with Crippen LogP contribution in [0.5, 0.6) is 0 Å². The Bertz CT molecular complexity index is 583. The van der Waals surface area contributed by atoms with Crippen LogP contribution in [0.25, 0.3) is 0 Å². The van der Waals surface area contributed by atoms with Crippen molar-refractivity contribution >= 4 is 11.6 Å². The van der Waals surface area contributed by atoms with E-state index in [1.807, 2.05) is 12.4 Å². The molecule has 1 unspecified atom stereocenters. The highest BCUT2D eigenvalue weighted by molar-refractivity contribution is 6.30. The maximum absolute atomic E-state index is 13.8. The van der Waals surface area contributed by atoms with Crippen molar-refractivity contribution in [1.29, 1.82) is 0 Å². The van der Waals surface area contributed by atoms with Gasteiger partial charge in [0.25, 0.3) is 0 Å². The van der Waals surface area contributed by atoms with E-state index in [-0.39, 0.29) is 5.82 Å². The average molecular weight is 310 g/mol. The highest BCUT2D eigenvalue weighted by Gasteiger charge is 2.11. The van der Waals surface area contributed by atoms with Crippen molar-refractivity contribution in [3.05, 3.63) is 52.6 Å². The third-order valence-corrected chi connectivity index (χ3v) is 3.69. The Balaban J connectivity index is 2.08. The third-order valence-electron chi connectivity index (χ3n) is 3.45. The molecule has 1 aromatic heterocycles. The quantitative estimate of drug-likeness (QED) is 0.831. The first-order valence-corrected chi connectivity index (χ1v) is 7.71. The monoisotopic (exact) mass is 309 g/mol. The van der Waals surface area contributed by atoms with Gasteiger partial charge in [-0.1, -0.05) is 31.5 Å². The molecule has 0 saturated heterocycles. The van der Waals surface area contributed by atoms with Crippen LogP contribution in [-0.2, 0) is 6.54 Å². The van der Waals surface area contributed by atoms with Gasteiger partial charge in [0.05, 0.1) is 12.7 Å². The van der Waals surface area contributed by atoms with E-state index < -0.39 is 0 Å². The van der Waals surface area contributed by atoms with Gasteiger partial charge in [-0.25, -0.2) is 4.39 Å². The van der Waals surface area contributed by atoms with Crippen LogP contribution in [0.1, 0.15) is 43.9 Å². The molecular formula is C16H21ClFN3. The van der Waals surface area contributed by atoms with Gasteiger partial charge < -0.3 is 5.32 Å². The molecule has 2 aromatic rings. The predicted octanol–water partition coefficient (Wildman–Crippen LogP) is 4.17. The Morgan fingerprint density at radius 2 is 2.19 bits per heavy atom. The first-order chi connectivity index (χ1) is 10.1. The van der Waals surface area contributed by atoms with Gasteiger partial charge in [-0.3, -0.25) is 4.68 Å². The zero-order chi connectivity index (χ0) is 15.2. The van der Waals surface area contributed by atoms with Gasteiger partial charge >= 0.3 is 0 Å². The van der Waals surface area contributed by atoms with E-state index in [4.69, 9.17) is 11.6 Å². The van der Waals surface area contributed by atoms with E-state index in [0.29, 0.717) is 23.2 Å². The highest BCUT2D eigenvalue weighted by Crippen LogP contribution is 2.18. The molecule has 1 N–H and O–H groups in total. The number of nitrogens with one attached hydrogen (secondary N) is 1. The van der Waals surface area contributed by atoms with Gasteiger partial charge in [0.2, 0.25) is 0 Å². The average Bonchev–Trinajstić information content (AvgIpc) is 2.91. The molecule has 1 aromatic carbocycles. The maximum Gasteiger partial charge on any atom is 0.129 e. The largest absolute Gasteiger partial charge is 0.310 e. The van der Waals surface area contributed by atoms with Crippen LogP contribution in [0.15, 0.2) is 30.6 Å². The molecule has 0 radical (unpaired) electrons. The molecule has 0 amide bonds. The zero-order valence-electron chi connectivity index (χ0n) is 12.4. The normalized spacial score (nSPS) is 12.6. The SMILES string of the molecule is CCCNC(CC)c1cnn(Cc2ccc(Cl)cc2F)c1. The van der Waals surface area contributed by atoms with Crippen molar-refractivity contribution in [2.24, 2.45) is 0 Å². The summed E-state index contributed by atoms with van der Waals surface area (Å²) >= 11 is 5.76. The summed E-state index contributed by atoms with van der Waals surface area (Å²) in [7, 11) is 0. The lowest BCUT2D eigenvalue weighted by Crippen LogP contribution is -2.21. The summed E-state index contributed by atoms with van der Waals surface area (Å²) in [6.45, 7) is 5.68. The number of hydrogen-bond acceptors (Lipinski definition) is 2. The Hall–Kier alpha value is -1.39. The second-order valence-corrected chi connectivity index (χ2v) is 5.56. The highest BCUT2D eigenvalue weighted by atomic mass is 35.5.